The van der Waals surface area contributed by atoms with E-state index in [1.165, 1.54) is 0 Å². The number of benzene rings is 2. The number of nitrogens with one attached hydrogen (secondary N) is 2. The van der Waals surface area contributed by atoms with Crippen molar-refractivity contribution in [2.75, 3.05) is 19.9 Å². The van der Waals surface area contributed by atoms with E-state index in [2.05, 4.69) is 15.6 Å². The molecule has 0 saturated heterocycles. The molecule has 0 aliphatic carbocycles. The third-order valence-corrected chi connectivity index (χ3v) is 4.21. The average Bonchev–Trinajstić information content (AvgIpc) is 3.19. The maximum atomic E-state index is 12.9. The van der Waals surface area contributed by atoms with Crippen LogP contribution in [-0.2, 0) is 13.1 Å². The van der Waals surface area contributed by atoms with Gasteiger partial charge in [0.15, 0.2) is 29.0 Å². The zero-order valence-corrected chi connectivity index (χ0v) is 16.9. The van der Waals surface area contributed by atoms with Crippen molar-refractivity contribution < 1.29 is 27.7 Å². The molecule has 1 aliphatic rings. The molecule has 0 atom stereocenters. The Morgan fingerprint density at radius 1 is 1.13 bits per heavy atom. The lowest BCUT2D eigenvalue weighted by molar-refractivity contribution is -0.0520. The maximum Gasteiger partial charge on any atom is 0.387 e. The summed E-state index contributed by atoms with van der Waals surface area (Å²) in [5.41, 5.74) is 1.49. The highest BCUT2D eigenvalue weighted by atomic mass is 19.3. The monoisotopic (exact) mass is 421 g/mol. The van der Waals surface area contributed by atoms with Gasteiger partial charge in [0, 0.05) is 18.7 Å². The highest BCUT2D eigenvalue weighted by Gasteiger charge is 2.16. The van der Waals surface area contributed by atoms with Crippen LogP contribution in [0.1, 0.15) is 25.0 Å². The number of halogens is 2. The number of hydrogen-bond acceptors (Lipinski definition) is 5. The van der Waals surface area contributed by atoms with Crippen LogP contribution >= 0.6 is 0 Å². The van der Waals surface area contributed by atoms with Gasteiger partial charge in [-0.2, -0.15) is 8.78 Å². The smallest absolute Gasteiger partial charge is 0.387 e. The molecule has 0 aromatic heterocycles. The van der Waals surface area contributed by atoms with E-state index in [1.807, 2.05) is 25.1 Å². The van der Waals surface area contributed by atoms with E-state index >= 15 is 0 Å². The van der Waals surface area contributed by atoms with Gasteiger partial charge < -0.3 is 29.6 Å². The van der Waals surface area contributed by atoms with Crippen LogP contribution < -0.4 is 29.6 Å². The van der Waals surface area contributed by atoms with Gasteiger partial charge in [-0.15, -0.1) is 0 Å². The first-order valence-electron chi connectivity index (χ1n) is 9.70. The van der Waals surface area contributed by atoms with Crippen LogP contribution in [0.4, 0.5) is 8.78 Å². The SMILES string of the molecule is CCNC(=NCc1ccc2c(c1)OCO2)NCc1cccc(OCC)c1OC(F)F. The molecule has 3 rings (SSSR count). The number of fused-ring (bicyclic) bond motifs is 1. The first-order chi connectivity index (χ1) is 14.6. The maximum absolute atomic E-state index is 12.9. The Bertz CT molecular complexity index is 877. The zero-order valence-electron chi connectivity index (χ0n) is 16.9. The number of alkyl halides is 2. The minimum Gasteiger partial charge on any atom is -0.490 e. The van der Waals surface area contributed by atoms with E-state index in [4.69, 9.17) is 18.9 Å². The topological polar surface area (TPSA) is 73.3 Å². The molecule has 2 aromatic rings. The molecule has 0 radical (unpaired) electrons. The van der Waals surface area contributed by atoms with Crippen molar-refractivity contribution in [2.24, 2.45) is 4.99 Å². The van der Waals surface area contributed by atoms with Crippen molar-refractivity contribution in [3.05, 3.63) is 47.5 Å². The average molecular weight is 421 g/mol. The Labute approximate surface area is 174 Å². The predicted octanol–water partition coefficient (Wildman–Crippen LogP) is 3.67. The fourth-order valence-corrected chi connectivity index (χ4v) is 2.92. The first kappa shape index (κ1) is 21.5. The van der Waals surface area contributed by atoms with Crippen LogP contribution in [0.3, 0.4) is 0 Å². The lowest BCUT2D eigenvalue weighted by atomic mass is 10.2. The second-order valence-electron chi connectivity index (χ2n) is 6.29. The highest BCUT2D eigenvalue weighted by molar-refractivity contribution is 5.79. The Balaban J connectivity index is 1.71. The minimum atomic E-state index is -2.95. The standard InChI is InChI=1S/C21H25F2N3O4/c1-3-24-21(25-11-14-8-9-16-18(10-14)29-13-28-16)26-12-15-6-5-7-17(27-4-2)19(15)30-20(22)23/h5-10,20H,3-4,11-13H2,1-2H3,(H2,24,25,26). The molecular weight excluding hydrogens is 396 g/mol. The van der Waals surface area contributed by atoms with Gasteiger partial charge in [0.05, 0.1) is 13.2 Å². The number of rotatable bonds is 9. The largest absolute Gasteiger partial charge is 0.490 e. The van der Waals surface area contributed by atoms with E-state index in [-0.39, 0.29) is 24.8 Å². The molecule has 0 bridgehead atoms. The third-order valence-electron chi connectivity index (χ3n) is 4.21. The van der Waals surface area contributed by atoms with Gasteiger partial charge in [-0.05, 0) is 37.6 Å². The Morgan fingerprint density at radius 2 is 1.97 bits per heavy atom. The van der Waals surface area contributed by atoms with Crippen molar-refractivity contribution >= 4 is 5.96 Å². The van der Waals surface area contributed by atoms with E-state index in [0.717, 1.165) is 5.56 Å². The molecule has 162 valence electrons. The second kappa shape index (κ2) is 10.5. The number of ether oxygens (including phenoxy) is 4. The summed E-state index contributed by atoms with van der Waals surface area (Å²) in [6.07, 6.45) is 0. The molecule has 2 aromatic carbocycles. The van der Waals surface area contributed by atoms with Gasteiger partial charge in [0.1, 0.15) is 0 Å². The van der Waals surface area contributed by atoms with Crippen LogP contribution in [0.25, 0.3) is 0 Å². The molecule has 30 heavy (non-hydrogen) atoms. The lowest BCUT2D eigenvalue weighted by Crippen LogP contribution is -2.36. The number of para-hydroxylation sites is 1. The Kier molecular flexibility index (Phi) is 7.53. The zero-order chi connectivity index (χ0) is 21.3. The van der Waals surface area contributed by atoms with Gasteiger partial charge in [0.2, 0.25) is 6.79 Å². The summed E-state index contributed by atoms with van der Waals surface area (Å²) in [4.78, 5) is 4.55. The van der Waals surface area contributed by atoms with Crippen molar-refractivity contribution in [1.29, 1.82) is 0 Å². The Hall–Kier alpha value is -3.23. The van der Waals surface area contributed by atoms with Gasteiger partial charge in [-0.3, -0.25) is 0 Å². The van der Waals surface area contributed by atoms with Crippen molar-refractivity contribution in [1.82, 2.24) is 10.6 Å². The molecule has 7 nitrogen and oxygen atoms in total. The van der Waals surface area contributed by atoms with Crippen molar-refractivity contribution in [3.8, 4) is 23.0 Å². The number of hydrogen-bond donors (Lipinski definition) is 2. The molecule has 9 heteroatoms. The number of nitrogens with zero attached hydrogens (tertiary/aromatic N) is 1. The quantitative estimate of drug-likeness (QED) is 0.476. The van der Waals surface area contributed by atoms with Gasteiger partial charge in [-0.1, -0.05) is 18.2 Å². The van der Waals surface area contributed by atoms with Crippen LogP contribution in [0.15, 0.2) is 41.4 Å². The van der Waals surface area contributed by atoms with Crippen molar-refractivity contribution in [3.63, 3.8) is 0 Å². The summed E-state index contributed by atoms with van der Waals surface area (Å²) >= 11 is 0. The summed E-state index contributed by atoms with van der Waals surface area (Å²) in [5, 5.41) is 6.28. The third kappa shape index (κ3) is 5.65. The van der Waals surface area contributed by atoms with Gasteiger partial charge >= 0.3 is 6.61 Å². The molecule has 0 spiro atoms. The van der Waals surface area contributed by atoms with Crippen LogP contribution in [-0.4, -0.2) is 32.5 Å². The number of guanidine groups is 1. The normalized spacial score (nSPS) is 12.8. The number of aliphatic imine (C=N–C) groups is 1. The van der Waals surface area contributed by atoms with Crippen LogP contribution in [0.2, 0.25) is 0 Å². The highest BCUT2D eigenvalue weighted by Crippen LogP contribution is 2.33. The molecule has 0 fully saturated rings. The van der Waals surface area contributed by atoms with E-state index in [9.17, 15) is 8.78 Å². The Morgan fingerprint density at radius 3 is 2.73 bits per heavy atom. The van der Waals surface area contributed by atoms with Gasteiger partial charge in [-0.25, -0.2) is 4.99 Å². The molecule has 0 saturated carbocycles. The summed E-state index contributed by atoms with van der Waals surface area (Å²) in [6.45, 7) is 2.63. The van der Waals surface area contributed by atoms with Crippen molar-refractivity contribution in [2.45, 2.75) is 33.5 Å². The predicted molar refractivity (Wildman–Crippen MR) is 108 cm³/mol. The molecule has 1 aliphatic heterocycles. The van der Waals surface area contributed by atoms with E-state index in [1.54, 1.807) is 25.1 Å². The molecule has 0 amide bonds. The summed E-state index contributed by atoms with van der Waals surface area (Å²) < 4.78 is 46.6. The fraction of sp³-hybridized carbons (Fsp3) is 0.381. The molecule has 1 heterocycles. The van der Waals surface area contributed by atoms with Gasteiger partial charge in [0.25, 0.3) is 0 Å². The summed E-state index contributed by atoms with van der Waals surface area (Å²) in [7, 11) is 0. The first-order valence-corrected chi connectivity index (χ1v) is 9.70. The summed E-state index contributed by atoms with van der Waals surface area (Å²) in [5.74, 6) is 2.25. The summed E-state index contributed by atoms with van der Waals surface area (Å²) in [6, 6.07) is 10.7. The molecule has 2 N–H and O–H groups in total. The van der Waals surface area contributed by atoms with Crippen LogP contribution in [0, 0.1) is 0 Å². The van der Waals surface area contributed by atoms with Crippen LogP contribution in [0.5, 0.6) is 23.0 Å². The lowest BCUT2D eigenvalue weighted by Gasteiger charge is -2.17. The molecular formula is C21H25F2N3O4. The minimum absolute atomic E-state index is 0.0217. The molecule has 0 unspecified atom stereocenters. The van der Waals surface area contributed by atoms with E-state index in [0.29, 0.717) is 42.7 Å². The fourth-order valence-electron chi connectivity index (χ4n) is 2.92. The second-order valence-corrected chi connectivity index (χ2v) is 6.29. The van der Waals surface area contributed by atoms with E-state index < -0.39 is 6.61 Å².